The zero-order valence-electron chi connectivity index (χ0n) is 31.0. The first-order chi connectivity index (χ1) is 24.2. The molecule has 0 atom stereocenters. The lowest BCUT2D eigenvalue weighted by Crippen LogP contribution is -2.27. The number of ether oxygens (including phenoxy) is 2. The molecule has 0 aliphatic heterocycles. The molecule has 0 amide bonds. The van der Waals surface area contributed by atoms with Crippen LogP contribution in [0.3, 0.4) is 0 Å². The highest BCUT2D eigenvalue weighted by atomic mass is 35.7. The number of aryl methyl sites for hydroxylation is 1. The van der Waals surface area contributed by atoms with E-state index in [1.165, 1.54) is 111 Å². The zero-order chi connectivity index (χ0) is 34.7. The third-order valence-corrected chi connectivity index (χ3v) is 14.2. The molecule has 49 heavy (non-hydrogen) atoms. The van der Waals surface area contributed by atoms with Gasteiger partial charge in [-0.15, -0.1) is 0 Å². The van der Waals surface area contributed by atoms with Crippen molar-refractivity contribution in [2.24, 2.45) is 0 Å². The quantitative estimate of drug-likeness (QED) is 0.0310. The molecule has 3 rings (SSSR count). The molecule has 0 heterocycles. The number of halogens is 1. The first kappa shape index (κ1) is 41.5. The van der Waals surface area contributed by atoms with E-state index in [2.05, 4.69) is 111 Å². The summed E-state index contributed by atoms with van der Waals surface area (Å²) in [4.78, 5) is 0. The van der Waals surface area contributed by atoms with Crippen LogP contribution in [0, 0.1) is 0 Å². The first-order valence-electron chi connectivity index (χ1n) is 19.9. The van der Waals surface area contributed by atoms with Gasteiger partial charge in [0.25, 0.3) is 0 Å². The second kappa shape index (κ2) is 26.8. The highest BCUT2D eigenvalue weighted by molar-refractivity contribution is 8.14. The van der Waals surface area contributed by atoms with Crippen LogP contribution in [0.25, 0.3) is 0 Å². The molecule has 0 bridgehead atoms. The van der Waals surface area contributed by atoms with Crippen molar-refractivity contribution in [2.75, 3.05) is 13.2 Å². The Bertz CT molecular complexity index is 1160. The zero-order valence-corrected chi connectivity index (χ0v) is 32.7. The topological polar surface area (TPSA) is 18.5 Å². The molecule has 4 heteroatoms. The molecular weight excluding hydrogens is 639 g/mol. The van der Waals surface area contributed by atoms with Crippen molar-refractivity contribution in [1.29, 1.82) is 0 Å². The Kier molecular flexibility index (Phi) is 22.7. The van der Waals surface area contributed by atoms with E-state index in [0.717, 1.165) is 51.7 Å². The molecule has 0 spiro atoms. The summed E-state index contributed by atoms with van der Waals surface area (Å²) >= 11 is 7.57. The van der Waals surface area contributed by atoms with E-state index >= 15 is 0 Å². The smallest absolute Gasteiger partial charge is 0.210 e. The van der Waals surface area contributed by atoms with Gasteiger partial charge in [0.15, 0.2) is 6.29 Å². The van der Waals surface area contributed by atoms with Crippen molar-refractivity contribution >= 4 is 33.8 Å². The molecule has 0 saturated carbocycles. The van der Waals surface area contributed by atoms with Gasteiger partial charge in [-0.05, 0) is 99.7 Å². The van der Waals surface area contributed by atoms with Crippen LogP contribution in [-0.2, 0) is 15.9 Å². The van der Waals surface area contributed by atoms with Gasteiger partial charge in [0.05, 0.1) is 0 Å². The minimum absolute atomic E-state index is 0.0182. The molecule has 3 aromatic carbocycles. The summed E-state index contributed by atoms with van der Waals surface area (Å²) in [6.45, 7) is 4.06. The Labute approximate surface area is 306 Å². The maximum Gasteiger partial charge on any atom is 0.210 e. The molecule has 0 aliphatic rings. The van der Waals surface area contributed by atoms with Crippen molar-refractivity contribution in [2.45, 2.75) is 149 Å². The van der Waals surface area contributed by atoms with Crippen LogP contribution in [0.2, 0.25) is 0 Å². The number of hydrogen-bond acceptors (Lipinski definition) is 2. The molecule has 2 nitrogen and oxygen atoms in total. The molecule has 0 radical (unpaired) electrons. The van der Waals surface area contributed by atoms with Gasteiger partial charge in [-0.25, -0.2) is 0 Å². The van der Waals surface area contributed by atoms with Crippen molar-refractivity contribution in [3.63, 3.8) is 0 Å². The molecular formula is C45H67ClO2P+. The lowest BCUT2D eigenvalue weighted by Gasteiger charge is -2.19. The predicted octanol–water partition coefficient (Wildman–Crippen LogP) is 13.0. The van der Waals surface area contributed by atoms with Crippen LogP contribution < -0.4 is 15.9 Å². The van der Waals surface area contributed by atoms with E-state index in [1.807, 2.05) is 0 Å². The minimum Gasteiger partial charge on any atom is -0.353 e. The molecule has 0 N–H and O–H groups in total. The minimum atomic E-state index is -2.18. The molecule has 0 fully saturated rings. The largest absolute Gasteiger partial charge is 0.353 e. The second-order valence-electron chi connectivity index (χ2n) is 13.6. The molecule has 270 valence electrons. The number of rotatable bonds is 29. The Morgan fingerprint density at radius 3 is 1.49 bits per heavy atom. The molecule has 3 aromatic rings. The SMILES string of the molecule is CCCCCCCCOC(CCCCC/C=C\CCCc1ccc([P+](Cl)(c2ccccc2)c2ccccc2)cc1)OCCCCCCCC. The summed E-state index contributed by atoms with van der Waals surface area (Å²) in [6, 6.07) is 30.2. The molecule has 0 aromatic heterocycles. The molecule has 0 aliphatic carbocycles. The van der Waals surface area contributed by atoms with Crippen LogP contribution in [0.15, 0.2) is 97.1 Å². The van der Waals surface area contributed by atoms with Gasteiger partial charge < -0.3 is 9.47 Å². The number of hydrogen-bond donors (Lipinski definition) is 0. The van der Waals surface area contributed by atoms with E-state index in [9.17, 15) is 0 Å². The molecule has 0 saturated heterocycles. The summed E-state index contributed by atoms with van der Waals surface area (Å²) in [5.74, 6) is 0. The summed E-state index contributed by atoms with van der Waals surface area (Å²) in [6.07, 6.45) is 29.6. The van der Waals surface area contributed by atoms with Crippen LogP contribution in [-0.4, -0.2) is 19.5 Å². The van der Waals surface area contributed by atoms with Crippen LogP contribution in [0.5, 0.6) is 0 Å². The molecule has 0 unspecified atom stereocenters. The fourth-order valence-corrected chi connectivity index (χ4v) is 10.0. The van der Waals surface area contributed by atoms with E-state index < -0.39 is 6.62 Å². The van der Waals surface area contributed by atoms with Gasteiger partial charge >= 0.3 is 0 Å². The Morgan fingerprint density at radius 2 is 0.959 bits per heavy atom. The highest BCUT2D eigenvalue weighted by Gasteiger charge is 2.44. The van der Waals surface area contributed by atoms with Gasteiger partial charge in [-0.3, -0.25) is 0 Å². The number of allylic oxidation sites excluding steroid dienone is 2. The number of benzene rings is 3. The third-order valence-electron chi connectivity index (χ3n) is 9.43. The second-order valence-corrected chi connectivity index (χ2v) is 17.9. The Balaban J connectivity index is 1.32. The van der Waals surface area contributed by atoms with Crippen molar-refractivity contribution in [3.8, 4) is 0 Å². The van der Waals surface area contributed by atoms with E-state index in [1.54, 1.807) is 0 Å². The van der Waals surface area contributed by atoms with Crippen molar-refractivity contribution in [3.05, 3.63) is 103 Å². The normalized spacial score (nSPS) is 12.0. The maximum atomic E-state index is 7.57. The van der Waals surface area contributed by atoms with Crippen molar-refractivity contribution in [1.82, 2.24) is 0 Å². The maximum absolute atomic E-state index is 7.57. The lowest BCUT2D eigenvalue weighted by atomic mass is 10.1. The summed E-state index contributed by atoms with van der Waals surface area (Å²) in [5.41, 5.74) is 1.38. The van der Waals surface area contributed by atoms with Gasteiger partial charge in [-0.2, -0.15) is 0 Å². The standard InChI is InChI=1S/C45H67ClO2P/c1-3-5-7-9-17-27-39-47-45(48-40-28-18-10-8-6-4-2)34-26-16-14-12-11-13-15-21-29-41-35-37-44(38-36-41)49(46,42-30-22-19-23-31-42)43-32-24-20-25-33-43/h11,13,19-20,22-25,30-33,35-38,45H,3-10,12,14-18,21,26-29,34,39-40H2,1-2H3/q+1/b13-11-. The highest BCUT2D eigenvalue weighted by Crippen LogP contribution is 2.60. The van der Waals surface area contributed by atoms with E-state index in [0.29, 0.717) is 0 Å². The fraction of sp³-hybridized carbons (Fsp3) is 0.556. The van der Waals surface area contributed by atoms with Crippen LogP contribution in [0.1, 0.15) is 141 Å². The van der Waals surface area contributed by atoms with Crippen LogP contribution >= 0.6 is 17.9 Å². The predicted molar refractivity (Wildman–Crippen MR) is 219 cm³/mol. The van der Waals surface area contributed by atoms with Gasteiger partial charge in [-0.1, -0.05) is 145 Å². The summed E-state index contributed by atoms with van der Waals surface area (Å²) in [7, 11) is 0. The average Bonchev–Trinajstić information content (AvgIpc) is 3.15. The lowest BCUT2D eigenvalue weighted by molar-refractivity contribution is -0.148. The van der Waals surface area contributed by atoms with E-state index in [4.69, 9.17) is 20.7 Å². The fourth-order valence-electron chi connectivity index (χ4n) is 6.40. The van der Waals surface area contributed by atoms with Gasteiger partial charge in [0.2, 0.25) is 6.62 Å². The van der Waals surface area contributed by atoms with E-state index in [-0.39, 0.29) is 6.29 Å². The number of unbranched alkanes of at least 4 members (excludes halogenated alkanes) is 14. The van der Waals surface area contributed by atoms with Gasteiger partial charge in [0, 0.05) is 13.2 Å². The summed E-state index contributed by atoms with van der Waals surface area (Å²) < 4.78 is 12.4. The van der Waals surface area contributed by atoms with Crippen molar-refractivity contribution < 1.29 is 9.47 Å². The first-order valence-corrected chi connectivity index (χ1v) is 22.6. The third kappa shape index (κ3) is 16.7. The Hall–Kier alpha value is -1.96. The van der Waals surface area contributed by atoms with Crippen LogP contribution in [0.4, 0.5) is 0 Å². The summed E-state index contributed by atoms with van der Waals surface area (Å²) in [5, 5.41) is 3.62. The monoisotopic (exact) mass is 705 g/mol. The Morgan fingerprint density at radius 1 is 0.510 bits per heavy atom. The average molecular weight is 706 g/mol. The van der Waals surface area contributed by atoms with Gasteiger partial charge in [0.1, 0.15) is 27.2 Å².